The summed E-state index contributed by atoms with van der Waals surface area (Å²) < 4.78 is 33.3. The minimum Gasteiger partial charge on any atom is -0.462 e. The number of hydrogen-bond acceptors (Lipinski definition) is 12. The van der Waals surface area contributed by atoms with E-state index in [1.165, 1.54) is 19.3 Å². The lowest BCUT2D eigenvalue weighted by Gasteiger charge is -2.41. The molecule has 1 aliphatic carbocycles. The molecule has 6 N–H and O–H groups in total. The number of phosphoric ester groups is 1. The van der Waals surface area contributed by atoms with Crippen LogP contribution in [0.1, 0.15) is 136 Å². The number of carbonyl (C=O) groups excluding carboxylic acids is 2. The Hall–Kier alpha value is -2.71. The Labute approximate surface area is 346 Å². The van der Waals surface area contributed by atoms with Gasteiger partial charge in [-0.3, -0.25) is 18.6 Å². The summed E-state index contributed by atoms with van der Waals surface area (Å²) in [5.74, 6) is -1.19. The van der Waals surface area contributed by atoms with Crippen LogP contribution in [0.2, 0.25) is 0 Å². The second-order valence-electron chi connectivity index (χ2n) is 14.5. The van der Waals surface area contributed by atoms with E-state index in [4.69, 9.17) is 18.5 Å². The number of allylic oxidation sites excluding steroid dienone is 12. The van der Waals surface area contributed by atoms with Crippen molar-refractivity contribution in [3.63, 3.8) is 0 Å². The zero-order chi connectivity index (χ0) is 42.9. The lowest BCUT2D eigenvalue weighted by molar-refractivity contribution is -0.220. The monoisotopic (exact) mass is 840 g/mol. The maximum Gasteiger partial charge on any atom is 0.472 e. The molecule has 1 saturated carbocycles. The Morgan fingerprint density at radius 2 is 1.00 bits per heavy atom. The smallest absolute Gasteiger partial charge is 0.462 e. The van der Waals surface area contributed by atoms with E-state index in [1.54, 1.807) is 0 Å². The van der Waals surface area contributed by atoms with Crippen LogP contribution >= 0.6 is 7.82 Å². The molecule has 1 fully saturated rings. The van der Waals surface area contributed by atoms with E-state index >= 15 is 0 Å². The van der Waals surface area contributed by atoms with Crippen molar-refractivity contribution in [2.45, 2.75) is 179 Å². The number of hydrogen-bond donors (Lipinski definition) is 6. The highest BCUT2D eigenvalue weighted by Crippen LogP contribution is 2.47. The summed E-state index contributed by atoms with van der Waals surface area (Å²) >= 11 is 0. The van der Waals surface area contributed by atoms with Crippen LogP contribution in [0.15, 0.2) is 72.9 Å². The molecule has 0 aromatic heterocycles. The van der Waals surface area contributed by atoms with Gasteiger partial charge in [-0.15, -0.1) is 0 Å². The number of rotatable bonds is 33. The van der Waals surface area contributed by atoms with Crippen molar-refractivity contribution in [3.8, 4) is 0 Å². The van der Waals surface area contributed by atoms with Crippen LogP contribution in [0, 0.1) is 0 Å². The number of carbonyl (C=O) groups is 2. The van der Waals surface area contributed by atoms with Crippen LogP contribution in [-0.2, 0) is 32.7 Å². The molecule has 0 spiro atoms. The molecular formula is C44H73O13P. The second kappa shape index (κ2) is 34.0. The third-order valence-corrected chi connectivity index (χ3v) is 10.3. The normalized spacial score (nSPS) is 23.2. The van der Waals surface area contributed by atoms with Gasteiger partial charge in [0, 0.05) is 12.8 Å². The molecule has 0 aromatic rings. The van der Waals surface area contributed by atoms with Gasteiger partial charge in [-0.1, -0.05) is 119 Å². The molecule has 13 nitrogen and oxygen atoms in total. The third kappa shape index (κ3) is 26.4. The molecule has 0 radical (unpaired) electrons. The fraction of sp³-hybridized carbons (Fsp3) is 0.682. The molecular weight excluding hydrogens is 767 g/mol. The van der Waals surface area contributed by atoms with E-state index in [9.17, 15) is 44.6 Å². The molecule has 1 aliphatic rings. The number of aliphatic hydroxyl groups is 5. The number of esters is 2. The summed E-state index contributed by atoms with van der Waals surface area (Å²) in [7, 11) is -5.13. The van der Waals surface area contributed by atoms with Gasteiger partial charge in [-0.05, 0) is 77.0 Å². The van der Waals surface area contributed by atoms with Crippen LogP contribution in [0.25, 0.3) is 0 Å². The maximum atomic E-state index is 12.8. The van der Waals surface area contributed by atoms with Gasteiger partial charge in [0.1, 0.15) is 43.2 Å². The van der Waals surface area contributed by atoms with Crippen LogP contribution in [0.5, 0.6) is 0 Å². The minimum atomic E-state index is -5.13. The third-order valence-electron chi connectivity index (χ3n) is 9.28. The van der Waals surface area contributed by atoms with Crippen molar-refractivity contribution in [1.82, 2.24) is 0 Å². The highest BCUT2D eigenvalue weighted by atomic mass is 31.2. The minimum absolute atomic E-state index is 0.0131. The summed E-state index contributed by atoms with van der Waals surface area (Å²) in [5.41, 5.74) is 0. The maximum absolute atomic E-state index is 12.8. The van der Waals surface area contributed by atoms with E-state index in [-0.39, 0.29) is 12.8 Å². The second-order valence-corrected chi connectivity index (χ2v) is 15.9. The van der Waals surface area contributed by atoms with Gasteiger partial charge in [0.25, 0.3) is 0 Å². The van der Waals surface area contributed by atoms with Gasteiger partial charge in [0.05, 0.1) is 6.61 Å². The Bertz CT molecular complexity index is 1290. The Balaban J connectivity index is 2.56. The summed E-state index contributed by atoms with van der Waals surface area (Å²) in [6.45, 7) is 3.07. The molecule has 0 amide bonds. The summed E-state index contributed by atoms with van der Waals surface area (Å²) in [5, 5.41) is 50.0. The van der Waals surface area contributed by atoms with Crippen molar-refractivity contribution in [3.05, 3.63) is 72.9 Å². The zero-order valence-corrected chi connectivity index (χ0v) is 35.7. The average molecular weight is 841 g/mol. The first kappa shape index (κ1) is 53.3. The number of unbranched alkanes of at least 4 members (excludes halogenated alkanes) is 9. The molecule has 0 saturated heterocycles. The lowest BCUT2D eigenvalue weighted by atomic mass is 9.85. The molecule has 8 atom stereocenters. The zero-order valence-electron chi connectivity index (χ0n) is 34.8. The molecule has 0 bridgehead atoms. The van der Waals surface area contributed by atoms with Crippen LogP contribution in [0.4, 0.5) is 0 Å². The van der Waals surface area contributed by atoms with Crippen LogP contribution in [-0.4, -0.2) is 98.3 Å². The van der Waals surface area contributed by atoms with Gasteiger partial charge < -0.3 is 39.9 Å². The molecule has 0 aromatic carbocycles. The fourth-order valence-corrected chi connectivity index (χ4v) is 6.82. The number of ether oxygens (including phenoxy) is 2. The lowest BCUT2D eigenvalue weighted by Crippen LogP contribution is -2.64. The van der Waals surface area contributed by atoms with E-state index in [0.717, 1.165) is 70.6 Å². The van der Waals surface area contributed by atoms with Crippen LogP contribution in [0.3, 0.4) is 0 Å². The molecule has 0 heterocycles. The van der Waals surface area contributed by atoms with Gasteiger partial charge >= 0.3 is 19.8 Å². The Morgan fingerprint density at radius 3 is 1.57 bits per heavy atom. The van der Waals surface area contributed by atoms with Crippen LogP contribution < -0.4 is 0 Å². The summed E-state index contributed by atoms with van der Waals surface area (Å²) in [6, 6.07) is 0. The SMILES string of the molecule is CC/C=C/C/C=C/C/C=C/C/C=C/C/C=C/CCCC(=O)O[C@H](COC(=O)CCCCCCC/C=C/CCCCC)COP(=O)(O)OC1C(O)C(O)C(O)[C@@H](O)C1O. The summed E-state index contributed by atoms with van der Waals surface area (Å²) in [4.78, 5) is 35.5. The van der Waals surface area contributed by atoms with Crippen molar-refractivity contribution < 1.29 is 63.1 Å². The van der Waals surface area contributed by atoms with Gasteiger partial charge in [-0.25, -0.2) is 4.57 Å². The predicted octanol–water partition coefficient (Wildman–Crippen LogP) is 7.55. The standard InChI is InChI=1S/C44H73O13P/c1-3-5-7-9-11-13-15-17-18-19-20-21-23-25-27-29-31-33-38(46)56-36(34-54-37(45)32-30-28-26-24-22-16-14-12-10-8-6-4-2)35-55-58(52,53)57-44-42(50)40(48)39(47)41(49)43(44)51/h5,7,11-14,17-18,20-21,25,27,36,39-44,47-51H,3-4,6,8-10,15-16,19,22-24,26,28-35H2,1-2H3,(H,52,53)/b7-5+,13-11+,14-12+,18-17+,21-20+,27-25+/t36-,39?,40-,41?,42?,43?,44?/m1/s1. The van der Waals surface area contributed by atoms with Gasteiger partial charge in [-0.2, -0.15) is 0 Å². The van der Waals surface area contributed by atoms with Crippen molar-refractivity contribution in [2.24, 2.45) is 0 Å². The first-order valence-electron chi connectivity index (χ1n) is 21.2. The van der Waals surface area contributed by atoms with Gasteiger partial charge in [0.2, 0.25) is 0 Å². The summed E-state index contributed by atoms with van der Waals surface area (Å²) in [6.07, 6.45) is 28.3. The number of phosphoric acid groups is 1. The first-order valence-corrected chi connectivity index (χ1v) is 22.7. The predicted molar refractivity (Wildman–Crippen MR) is 225 cm³/mol. The fourth-order valence-electron chi connectivity index (χ4n) is 5.84. The largest absolute Gasteiger partial charge is 0.472 e. The first-order chi connectivity index (χ1) is 27.9. The highest BCUT2D eigenvalue weighted by molar-refractivity contribution is 7.47. The van der Waals surface area contributed by atoms with Crippen molar-refractivity contribution >= 4 is 19.8 Å². The Morgan fingerprint density at radius 1 is 0.552 bits per heavy atom. The molecule has 0 aliphatic heterocycles. The Kier molecular flexibility index (Phi) is 31.3. The van der Waals surface area contributed by atoms with Gasteiger partial charge in [0.15, 0.2) is 6.10 Å². The quantitative estimate of drug-likeness (QED) is 0.0163. The van der Waals surface area contributed by atoms with E-state index in [0.29, 0.717) is 19.3 Å². The number of aliphatic hydroxyl groups excluding tert-OH is 5. The molecule has 1 rings (SSSR count). The van der Waals surface area contributed by atoms with E-state index in [1.807, 2.05) is 12.2 Å². The highest BCUT2D eigenvalue weighted by Gasteiger charge is 2.51. The van der Waals surface area contributed by atoms with E-state index < -0.39 is 75.7 Å². The molecule has 14 heteroatoms. The van der Waals surface area contributed by atoms with E-state index in [2.05, 4.69) is 74.6 Å². The molecule has 6 unspecified atom stereocenters. The van der Waals surface area contributed by atoms with Crippen molar-refractivity contribution in [1.29, 1.82) is 0 Å². The molecule has 332 valence electrons. The molecule has 58 heavy (non-hydrogen) atoms. The average Bonchev–Trinajstić information content (AvgIpc) is 3.20. The topological polar surface area (TPSA) is 210 Å². The van der Waals surface area contributed by atoms with Crippen molar-refractivity contribution in [2.75, 3.05) is 13.2 Å².